The van der Waals surface area contributed by atoms with Crippen LogP contribution in [0.25, 0.3) is 0 Å². The molecule has 3 amide bonds. The molecular formula is C48H52F2N8O9P2S5. The largest absolute Gasteiger partial charge is 0.497 e. The first-order chi connectivity index (χ1) is 35.6. The highest BCUT2D eigenvalue weighted by atomic mass is 33.7. The number of nitrogens with zero attached hydrogens (tertiary/aromatic N) is 6. The van der Waals surface area contributed by atoms with Gasteiger partial charge in [-0.3, -0.25) is 14.6 Å². The topological polar surface area (TPSA) is 191 Å². The van der Waals surface area contributed by atoms with E-state index in [9.17, 15) is 23.2 Å². The lowest BCUT2D eigenvalue weighted by Crippen LogP contribution is -2.37. The Balaban J connectivity index is 0.000000163. The number of carbonyl (C=O) groups is 3. The van der Waals surface area contributed by atoms with Gasteiger partial charge in [0.25, 0.3) is 0 Å². The number of benzene rings is 4. The van der Waals surface area contributed by atoms with Crippen molar-refractivity contribution in [2.45, 2.75) is 25.0 Å². The third kappa shape index (κ3) is 14.6. The van der Waals surface area contributed by atoms with E-state index in [0.29, 0.717) is 86.9 Å². The minimum atomic E-state index is -1.66. The quantitative estimate of drug-likeness (QED) is 0.0927. The molecule has 0 bridgehead atoms. The van der Waals surface area contributed by atoms with Crippen LogP contribution in [-0.4, -0.2) is 128 Å². The molecule has 5 aliphatic heterocycles. The van der Waals surface area contributed by atoms with Crippen molar-refractivity contribution in [3.8, 4) is 23.6 Å². The number of hydrogen-bond acceptors (Lipinski definition) is 18. The van der Waals surface area contributed by atoms with Crippen LogP contribution in [0.4, 0.5) is 41.1 Å². The third-order valence-corrected chi connectivity index (χ3v) is 43.2. The first kappa shape index (κ1) is 56.5. The van der Waals surface area contributed by atoms with Crippen molar-refractivity contribution in [3.63, 3.8) is 0 Å². The highest BCUT2D eigenvalue weighted by Gasteiger charge is 2.46. The molecule has 0 saturated carbocycles. The Hall–Kier alpha value is -5.26. The lowest BCUT2D eigenvalue weighted by Gasteiger charge is -2.40. The van der Waals surface area contributed by atoms with Gasteiger partial charge in [-0.05, 0) is 84.9 Å². The fourth-order valence-corrected chi connectivity index (χ4v) is 50.3. The number of thiocarbonyl (C=S) groups is 1. The molecule has 0 radical (unpaired) electrons. The predicted molar refractivity (Wildman–Crippen MR) is 297 cm³/mol. The summed E-state index contributed by atoms with van der Waals surface area (Å²) in [6, 6.07) is 29.2. The fraction of sp³-hybridized carbons (Fsp3) is 0.375. The Morgan fingerprint density at radius 1 is 0.676 bits per heavy atom. The maximum atomic E-state index is 14.5. The van der Waals surface area contributed by atoms with E-state index in [2.05, 4.69) is 34.9 Å². The van der Waals surface area contributed by atoms with Gasteiger partial charge in [-0.25, -0.2) is 18.4 Å². The van der Waals surface area contributed by atoms with Crippen molar-refractivity contribution in [2.24, 2.45) is 0 Å². The van der Waals surface area contributed by atoms with E-state index in [1.165, 1.54) is 32.5 Å². The van der Waals surface area contributed by atoms with Gasteiger partial charge >= 0.3 is 12.2 Å². The van der Waals surface area contributed by atoms with E-state index in [1.807, 2.05) is 62.1 Å². The maximum absolute atomic E-state index is 14.5. The summed E-state index contributed by atoms with van der Waals surface area (Å²) in [5.41, 5.74) is 1.83. The number of halogens is 2. The zero-order valence-electron chi connectivity index (χ0n) is 40.2. The second-order valence-electron chi connectivity index (χ2n) is 16.5. The fourth-order valence-electron chi connectivity index (χ4n) is 7.86. The Bertz CT molecular complexity index is 2650. The summed E-state index contributed by atoms with van der Waals surface area (Å²) in [5, 5.41) is 24.9. The molecule has 0 unspecified atom stereocenters. The van der Waals surface area contributed by atoms with E-state index >= 15 is 0 Å². The van der Waals surface area contributed by atoms with E-state index in [1.54, 1.807) is 44.6 Å². The lowest BCUT2D eigenvalue weighted by molar-refractivity contribution is -0.120. The van der Waals surface area contributed by atoms with Crippen LogP contribution in [0.1, 0.15) is 12.8 Å². The van der Waals surface area contributed by atoms with Crippen molar-refractivity contribution in [1.82, 2.24) is 10.6 Å². The predicted octanol–water partition coefficient (Wildman–Crippen LogP) is 7.59. The molecular weight excluding hydrogens is 1090 g/mol. The van der Waals surface area contributed by atoms with Crippen LogP contribution in [0, 0.1) is 34.3 Å². The summed E-state index contributed by atoms with van der Waals surface area (Å²) >= 11 is 20.5. The summed E-state index contributed by atoms with van der Waals surface area (Å²) in [5.74, 6) is 0.491. The molecule has 74 heavy (non-hydrogen) atoms. The smallest absolute Gasteiger partial charge is 0.414 e. The van der Waals surface area contributed by atoms with Crippen LogP contribution in [0.2, 0.25) is 0 Å². The number of ether oxygens (including phenoxy) is 6. The maximum Gasteiger partial charge on any atom is 0.414 e. The molecule has 2 atom stereocenters. The van der Waals surface area contributed by atoms with Gasteiger partial charge in [-0.1, -0.05) is 57.8 Å². The number of rotatable bonds is 14. The second-order valence-corrected chi connectivity index (χ2v) is 38.3. The lowest BCUT2D eigenvalue weighted by atomic mass is 10.2. The monoisotopic (exact) mass is 1140 g/mol. The Labute approximate surface area is 451 Å². The first-order valence-electron chi connectivity index (χ1n) is 23.1. The van der Waals surface area contributed by atoms with Crippen molar-refractivity contribution in [3.05, 3.63) is 96.6 Å². The van der Waals surface area contributed by atoms with Crippen LogP contribution in [0.15, 0.2) is 84.9 Å². The highest BCUT2D eigenvalue weighted by Crippen LogP contribution is 3.04. The number of morpholine rings is 2. The molecule has 2 N–H and O–H groups in total. The van der Waals surface area contributed by atoms with Gasteiger partial charge in [0.05, 0.1) is 122 Å². The second kappa shape index (κ2) is 26.5. The van der Waals surface area contributed by atoms with Gasteiger partial charge in [0, 0.05) is 36.8 Å². The van der Waals surface area contributed by atoms with Crippen LogP contribution in [0.3, 0.4) is 0 Å². The van der Waals surface area contributed by atoms with Gasteiger partial charge in [0.1, 0.15) is 41.8 Å². The summed E-state index contributed by atoms with van der Waals surface area (Å²) < 4.78 is 57.1. The van der Waals surface area contributed by atoms with Gasteiger partial charge in [-0.2, -0.15) is 10.5 Å². The Kier molecular flexibility index (Phi) is 20.2. The molecule has 392 valence electrons. The number of hydrogen-bond donors (Lipinski definition) is 2. The Morgan fingerprint density at radius 3 is 1.46 bits per heavy atom. The zero-order chi connectivity index (χ0) is 52.8. The summed E-state index contributed by atoms with van der Waals surface area (Å²) in [4.78, 5) is 42.4. The molecule has 26 heteroatoms. The molecule has 0 spiro atoms. The zero-order valence-corrected chi connectivity index (χ0v) is 46.1. The number of nitrogens with one attached hydrogen (secondary N) is 2. The number of cyclic esters (lactones) is 2. The Morgan fingerprint density at radius 2 is 1.08 bits per heavy atom. The highest BCUT2D eigenvalue weighted by molar-refractivity contribution is 9.48. The number of amides is 3. The average molecular weight is 1150 g/mol. The number of methoxy groups -OCH3 is 2. The molecule has 5 saturated heterocycles. The number of carbonyl (C=O) groups excluding carboxylic acids is 3. The standard InChI is InChI=1S/C17H19FN4O4.C17H19FN4O3S.C14H14O2P2S4/c18-14-9-12(1-2-15(14)21-5-7-25-8-6-21)22-11-13(26-17(22)24)10-20-16(23)3-4-19;18-14-9-12(1-2-15(14)21-5-7-24-8-6-21)22-11-13(25-17(22)23)10-20-16(26)3-4-19;1-15-11-3-7-13(8-4-11)17(19)21-18(20,22-17)14-9-5-12(16-2)6-10-14/h1-2,9,13H,3,5-8,10-11H2,(H,20,23);1-2,9,13H,3,5-8,10-11H2,(H,20,26);3-10H,1-2H3/t2*13-;/m00./s1. The van der Waals surface area contributed by atoms with Gasteiger partial charge in [0.15, 0.2) is 0 Å². The van der Waals surface area contributed by atoms with Gasteiger partial charge in [-0.15, -0.1) is 0 Å². The molecule has 4 aromatic carbocycles. The van der Waals surface area contributed by atoms with Crippen molar-refractivity contribution in [1.29, 1.82) is 10.5 Å². The summed E-state index contributed by atoms with van der Waals surface area (Å²) in [6.45, 7) is 5.67. The molecule has 5 heterocycles. The van der Waals surface area contributed by atoms with Gasteiger partial charge in [0.2, 0.25) is 5.91 Å². The van der Waals surface area contributed by atoms with E-state index in [0.717, 1.165) is 11.5 Å². The minimum absolute atomic E-state index is 0.108. The van der Waals surface area contributed by atoms with Crippen LogP contribution in [0.5, 0.6) is 11.5 Å². The van der Waals surface area contributed by atoms with Crippen molar-refractivity contribution >= 4 is 123 Å². The molecule has 4 aromatic rings. The summed E-state index contributed by atoms with van der Waals surface area (Å²) in [7, 11) is 3.34. The molecule has 9 rings (SSSR count). The molecule has 17 nitrogen and oxygen atoms in total. The van der Waals surface area contributed by atoms with Crippen LogP contribution in [-0.2, 0) is 47.4 Å². The average Bonchev–Trinajstić information content (AvgIpc) is 3.98. The summed E-state index contributed by atoms with van der Waals surface area (Å²) in [6.07, 6.45) is -2.22. The number of nitriles is 2. The van der Waals surface area contributed by atoms with Crippen LogP contribution >= 0.6 is 43.1 Å². The van der Waals surface area contributed by atoms with E-state index in [4.69, 9.17) is 74.8 Å². The first-order valence-corrected chi connectivity index (χ1v) is 33.1. The van der Waals surface area contributed by atoms with E-state index in [-0.39, 0.29) is 38.3 Å². The normalized spacial score (nSPS) is 22.0. The van der Waals surface area contributed by atoms with E-state index < -0.39 is 45.0 Å². The molecule has 0 aliphatic carbocycles. The molecule has 5 fully saturated rings. The van der Waals surface area contributed by atoms with Crippen molar-refractivity contribution < 1.29 is 51.6 Å². The minimum Gasteiger partial charge on any atom is -0.497 e. The van der Waals surface area contributed by atoms with Gasteiger partial charge < -0.3 is 48.9 Å². The molecule has 5 aliphatic rings. The van der Waals surface area contributed by atoms with Crippen LogP contribution < -0.4 is 50.3 Å². The number of anilines is 4. The molecule has 0 aromatic heterocycles. The van der Waals surface area contributed by atoms with Crippen molar-refractivity contribution in [2.75, 3.05) is 113 Å². The third-order valence-electron chi connectivity index (χ3n) is 11.7. The SMILES string of the molecule is COc1ccc(P2(=S)SP(=S)(c3ccc(OC)cc3)S2)cc1.N#CCC(=O)NC[C@H]1CN(c2ccc(N3CCOCC3)c(F)c2)C(=O)O1.N#CCC(=S)NC[C@H]1CN(c2ccc(N3CCOCC3)c(F)c2)C(=O)O1.